The average Bonchev–Trinajstić information content (AvgIpc) is 2.57. The van der Waals surface area contributed by atoms with Crippen molar-refractivity contribution in [1.82, 2.24) is 9.55 Å². The summed E-state index contributed by atoms with van der Waals surface area (Å²) >= 11 is 5.96. The Hall–Kier alpha value is -1.48. The van der Waals surface area contributed by atoms with Crippen LogP contribution in [0.3, 0.4) is 0 Å². The minimum atomic E-state index is -0.157. The molecule has 2 aromatic rings. The summed E-state index contributed by atoms with van der Waals surface area (Å²) in [6.45, 7) is 1.89. The van der Waals surface area contributed by atoms with Crippen LogP contribution in [0.25, 0.3) is 5.69 Å². The van der Waals surface area contributed by atoms with Gasteiger partial charge in [-0.2, -0.15) is 0 Å². The fourth-order valence-electron chi connectivity index (χ4n) is 1.37. The minimum Gasteiger partial charge on any atom is -0.312 e. The lowest BCUT2D eigenvalue weighted by Crippen LogP contribution is -2.14. The third-order valence-electron chi connectivity index (χ3n) is 2.15. The number of aromatic amines is 1. The minimum absolute atomic E-state index is 0.157. The summed E-state index contributed by atoms with van der Waals surface area (Å²) in [5, 5.41) is 0.663. The maximum Gasteiger partial charge on any atom is 0.330 e. The van der Waals surface area contributed by atoms with E-state index in [1.54, 1.807) is 18.5 Å². The van der Waals surface area contributed by atoms with E-state index in [1.165, 1.54) is 4.57 Å². The average molecular weight is 209 g/mol. The van der Waals surface area contributed by atoms with Crippen LogP contribution in [0.15, 0.2) is 35.4 Å². The predicted molar refractivity (Wildman–Crippen MR) is 56.1 cm³/mol. The van der Waals surface area contributed by atoms with Crippen molar-refractivity contribution >= 4 is 11.6 Å². The topological polar surface area (TPSA) is 37.8 Å². The molecular weight excluding hydrogens is 200 g/mol. The number of imidazole rings is 1. The van der Waals surface area contributed by atoms with Gasteiger partial charge < -0.3 is 4.98 Å². The van der Waals surface area contributed by atoms with Crippen LogP contribution in [0.2, 0.25) is 5.02 Å². The van der Waals surface area contributed by atoms with E-state index in [4.69, 9.17) is 11.6 Å². The molecule has 1 aromatic carbocycles. The van der Waals surface area contributed by atoms with Crippen molar-refractivity contribution in [1.29, 1.82) is 0 Å². The Morgan fingerprint density at radius 1 is 1.43 bits per heavy atom. The van der Waals surface area contributed by atoms with Gasteiger partial charge in [0, 0.05) is 17.4 Å². The van der Waals surface area contributed by atoms with Crippen molar-refractivity contribution in [3.8, 4) is 5.69 Å². The molecule has 0 radical (unpaired) electrons. The molecule has 0 aliphatic rings. The molecular formula is C10H9ClN2O. The van der Waals surface area contributed by atoms with E-state index in [9.17, 15) is 4.79 Å². The Morgan fingerprint density at radius 2 is 2.21 bits per heavy atom. The summed E-state index contributed by atoms with van der Waals surface area (Å²) in [5.41, 5.74) is 1.55. The molecule has 0 unspecified atom stereocenters. The molecule has 0 saturated heterocycles. The fraction of sp³-hybridized carbons (Fsp3) is 0.100. The molecule has 14 heavy (non-hydrogen) atoms. The van der Waals surface area contributed by atoms with Crippen molar-refractivity contribution in [2.75, 3.05) is 0 Å². The lowest BCUT2D eigenvalue weighted by molar-refractivity contribution is 0.976. The predicted octanol–water partition coefficient (Wildman–Crippen LogP) is 2.13. The number of hydrogen-bond acceptors (Lipinski definition) is 1. The normalized spacial score (nSPS) is 10.4. The molecule has 3 nitrogen and oxygen atoms in total. The molecule has 0 saturated carbocycles. The Balaban J connectivity index is 2.69. The van der Waals surface area contributed by atoms with Crippen LogP contribution in [0.5, 0.6) is 0 Å². The molecule has 0 spiro atoms. The number of nitrogens with zero attached hydrogens (tertiary/aromatic N) is 1. The zero-order chi connectivity index (χ0) is 10.1. The highest BCUT2D eigenvalue weighted by Crippen LogP contribution is 2.20. The highest BCUT2D eigenvalue weighted by molar-refractivity contribution is 6.31. The molecule has 0 atom stereocenters. The quantitative estimate of drug-likeness (QED) is 0.766. The van der Waals surface area contributed by atoms with Gasteiger partial charge in [-0.25, -0.2) is 4.79 Å². The summed E-state index contributed by atoms with van der Waals surface area (Å²) in [4.78, 5) is 13.9. The third-order valence-corrected chi connectivity index (χ3v) is 2.56. The van der Waals surface area contributed by atoms with Crippen LogP contribution in [0.4, 0.5) is 0 Å². The highest BCUT2D eigenvalue weighted by Gasteiger charge is 2.05. The molecule has 0 aliphatic heterocycles. The van der Waals surface area contributed by atoms with Gasteiger partial charge >= 0.3 is 5.69 Å². The number of rotatable bonds is 1. The van der Waals surface area contributed by atoms with Crippen molar-refractivity contribution in [3.05, 3.63) is 51.7 Å². The van der Waals surface area contributed by atoms with Gasteiger partial charge in [-0.3, -0.25) is 4.57 Å². The zero-order valence-electron chi connectivity index (χ0n) is 7.62. The van der Waals surface area contributed by atoms with Gasteiger partial charge in [0.05, 0.1) is 5.69 Å². The zero-order valence-corrected chi connectivity index (χ0v) is 8.38. The van der Waals surface area contributed by atoms with E-state index < -0.39 is 0 Å². The summed E-state index contributed by atoms with van der Waals surface area (Å²) in [6.07, 6.45) is 3.28. The first kappa shape index (κ1) is 9.09. The van der Waals surface area contributed by atoms with Gasteiger partial charge in [-0.1, -0.05) is 17.7 Å². The van der Waals surface area contributed by atoms with Crippen molar-refractivity contribution < 1.29 is 0 Å². The number of nitrogens with one attached hydrogen (secondary N) is 1. The number of H-pyrrole nitrogens is 1. The second-order valence-corrected chi connectivity index (χ2v) is 3.43. The van der Waals surface area contributed by atoms with E-state index >= 15 is 0 Å². The third kappa shape index (κ3) is 1.36. The summed E-state index contributed by atoms with van der Waals surface area (Å²) < 4.78 is 1.53. The van der Waals surface area contributed by atoms with Gasteiger partial charge in [0.1, 0.15) is 0 Å². The number of halogens is 1. The number of hydrogen-bond donors (Lipinski definition) is 1. The molecule has 0 aliphatic carbocycles. The maximum atomic E-state index is 11.3. The first-order valence-corrected chi connectivity index (χ1v) is 4.59. The molecule has 72 valence electrons. The van der Waals surface area contributed by atoms with Crippen LogP contribution in [-0.2, 0) is 0 Å². The lowest BCUT2D eigenvalue weighted by atomic mass is 10.2. The molecule has 1 aromatic heterocycles. The van der Waals surface area contributed by atoms with E-state index in [1.807, 2.05) is 19.1 Å². The van der Waals surface area contributed by atoms with Crippen LogP contribution in [-0.4, -0.2) is 9.55 Å². The first-order chi connectivity index (χ1) is 6.70. The van der Waals surface area contributed by atoms with Crippen LogP contribution < -0.4 is 5.69 Å². The second-order valence-electron chi connectivity index (χ2n) is 3.02. The maximum absolute atomic E-state index is 11.3. The Morgan fingerprint density at radius 3 is 2.86 bits per heavy atom. The first-order valence-electron chi connectivity index (χ1n) is 4.21. The summed E-state index contributed by atoms with van der Waals surface area (Å²) in [7, 11) is 0. The molecule has 1 heterocycles. The van der Waals surface area contributed by atoms with Gasteiger partial charge in [0.15, 0.2) is 0 Å². The van der Waals surface area contributed by atoms with Crippen LogP contribution in [0.1, 0.15) is 5.56 Å². The van der Waals surface area contributed by atoms with E-state index in [0.29, 0.717) is 5.02 Å². The largest absolute Gasteiger partial charge is 0.330 e. The molecule has 4 heteroatoms. The van der Waals surface area contributed by atoms with Crippen LogP contribution in [0, 0.1) is 6.92 Å². The summed E-state index contributed by atoms with van der Waals surface area (Å²) in [5.74, 6) is 0. The van der Waals surface area contributed by atoms with Gasteiger partial charge in [-0.15, -0.1) is 0 Å². The van der Waals surface area contributed by atoms with Gasteiger partial charge in [0.25, 0.3) is 0 Å². The van der Waals surface area contributed by atoms with Crippen molar-refractivity contribution in [2.45, 2.75) is 6.92 Å². The Kier molecular flexibility index (Phi) is 2.17. The van der Waals surface area contributed by atoms with Gasteiger partial charge in [0.2, 0.25) is 0 Å². The molecule has 0 amide bonds. The lowest BCUT2D eigenvalue weighted by Gasteiger charge is -2.06. The standard InChI is InChI=1S/C10H9ClN2O/c1-7-8(11)3-2-4-9(7)13-6-5-12-10(13)14/h2-6H,1H3,(H,12,14). The summed E-state index contributed by atoms with van der Waals surface area (Å²) in [6, 6.07) is 5.48. The molecule has 0 bridgehead atoms. The fourth-order valence-corrected chi connectivity index (χ4v) is 1.54. The molecule has 0 fully saturated rings. The van der Waals surface area contributed by atoms with Crippen LogP contribution >= 0.6 is 11.6 Å². The molecule has 1 N–H and O–H groups in total. The van der Waals surface area contributed by atoms with E-state index in [2.05, 4.69) is 4.98 Å². The highest BCUT2D eigenvalue weighted by atomic mass is 35.5. The number of benzene rings is 1. The monoisotopic (exact) mass is 208 g/mol. The second kappa shape index (κ2) is 3.35. The SMILES string of the molecule is Cc1c(Cl)cccc1-n1cc[nH]c1=O. The smallest absolute Gasteiger partial charge is 0.312 e. The van der Waals surface area contributed by atoms with Gasteiger partial charge in [-0.05, 0) is 24.6 Å². The van der Waals surface area contributed by atoms with E-state index in [-0.39, 0.29) is 5.69 Å². The number of aromatic nitrogens is 2. The van der Waals surface area contributed by atoms with E-state index in [0.717, 1.165) is 11.3 Å². The van der Waals surface area contributed by atoms with Crippen molar-refractivity contribution in [3.63, 3.8) is 0 Å². The Labute approximate surface area is 86.0 Å². The Bertz CT molecular complexity index is 513. The van der Waals surface area contributed by atoms with Crippen molar-refractivity contribution in [2.24, 2.45) is 0 Å². The molecule has 2 rings (SSSR count).